The van der Waals surface area contributed by atoms with Crippen LogP contribution in [0.2, 0.25) is 0 Å². The molecule has 29 heavy (non-hydrogen) atoms. The van der Waals surface area contributed by atoms with Crippen molar-refractivity contribution >= 4 is 5.97 Å². The monoisotopic (exact) mass is 404 g/mol. The van der Waals surface area contributed by atoms with Gasteiger partial charge >= 0.3 is 5.97 Å². The first kappa shape index (κ1) is 21.7. The minimum absolute atomic E-state index is 0.0271. The maximum Gasteiger partial charge on any atom is 0.338 e. The van der Waals surface area contributed by atoms with Crippen molar-refractivity contribution in [1.29, 1.82) is 0 Å². The van der Waals surface area contributed by atoms with Crippen LogP contribution in [0.25, 0.3) is 0 Å². The second-order valence-corrected chi connectivity index (χ2v) is 9.35. The van der Waals surface area contributed by atoms with E-state index in [4.69, 9.17) is 9.47 Å². The van der Waals surface area contributed by atoms with Gasteiger partial charge in [-0.1, -0.05) is 32.9 Å². The molecule has 1 aromatic carbocycles. The molecule has 0 aliphatic heterocycles. The molecule has 160 valence electrons. The Labute approximate surface area is 172 Å². The van der Waals surface area contributed by atoms with Crippen molar-refractivity contribution in [2.45, 2.75) is 64.3 Å². The highest BCUT2D eigenvalue weighted by Crippen LogP contribution is 2.57. The van der Waals surface area contributed by atoms with E-state index in [1.807, 2.05) is 19.9 Å². The van der Waals surface area contributed by atoms with Crippen LogP contribution in [0.1, 0.15) is 57.3 Å². The van der Waals surface area contributed by atoms with Gasteiger partial charge in [0.05, 0.1) is 23.9 Å². The molecule has 1 aromatic rings. The minimum atomic E-state index is -1.15. The predicted octanol–water partition coefficient (Wildman–Crippen LogP) is 3.44. The fourth-order valence-corrected chi connectivity index (χ4v) is 5.02. The van der Waals surface area contributed by atoms with Gasteiger partial charge < -0.3 is 24.8 Å². The number of esters is 1. The lowest BCUT2D eigenvalue weighted by atomic mass is 9.68. The molecular weight excluding hydrogens is 372 g/mol. The summed E-state index contributed by atoms with van der Waals surface area (Å²) in [5.74, 6) is -0.836. The molecule has 1 fully saturated rings. The number of allylic oxidation sites excluding steroid dienone is 1. The highest BCUT2D eigenvalue weighted by Gasteiger charge is 2.60. The smallest absolute Gasteiger partial charge is 0.338 e. The zero-order valence-corrected chi connectivity index (χ0v) is 17.8. The van der Waals surface area contributed by atoms with Gasteiger partial charge in [-0.2, -0.15) is 0 Å². The average molecular weight is 405 g/mol. The van der Waals surface area contributed by atoms with Gasteiger partial charge in [0.1, 0.15) is 6.10 Å². The summed E-state index contributed by atoms with van der Waals surface area (Å²) < 4.78 is 11.0. The van der Waals surface area contributed by atoms with Crippen molar-refractivity contribution in [2.75, 3.05) is 7.11 Å². The van der Waals surface area contributed by atoms with E-state index in [1.54, 1.807) is 13.0 Å². The SMILES string of the molecule is COc1cc(C(=O)O[C@H]2C[C@@](C)(O)C=C[C@]3(C)CC[C@@](O)(C(C)C)[C@H]23)ccc1O. The second kappa shape index (κ2) is 7.33. The van der Waals surface area contributed by atoms with Gasteiger partial charge in [0.25, 0.3) is 0 Å². The molecule has 3 N–H and O–H groups in total. The number of phenols is 1. The number of carbonyl (C=O) groups is 1. The highest BCUT2D eigenvalue weighted by atomic mass is 16.5. The molecule has 3 rings (SSSR count). The Kier molecular flexibility index (Phi) is 5.47. The first-order valence-electron chi connectivity index (χ1n) is 10.1. The summed E-state index contributed by atoms with van der Waals surface area (Å²) in [5.41, 5.74) is -2.30. The van der Waals surface area contributed by atoms with Crippen LogP contribution in [-0.4, -0.2) is 45.7 Å². The Balaban J connectivity index is 1.97. The van der Waals surface area contributed by atoms with Crippen LogP contribution in [-0.2, 0) is 4.74 Å². The summed E-state index contributed by atoms with van der Waals surface area (Å²) in [6.45, 7) is 7.69. The first-order valence-corrected chi connectivity index (χ1v) is 10.1. The lowest BCUT2D eigenvalue weighted by Gasteiger charge is -2.43. The Hall–Kier alpha value is -2.05. The Bertz CT molecular complexity index is 814. The highest BCUT2D eigenvalue weighted by molar-refractivity contribution is 5.90. The zero-order chi connectivity index (χ0) is 21.6. The van der Waals surface area contributed by atoms with Gasteiger partial charge in [-0.15, -0.1) is 0 Å². The number of methoxy groups -OCH3 is 1. The number of aromatic hydroxyl groups is 1. The van der Waals surface area contributed by atoms with E-state index in [0.717, 1.165) is 6.42 Å². The number of hydrogen-bond acceptors (Lipinski definition) is 6. The largest absolute Gasteiger partial charge is 0.504 e. The fraction of sp³-hybridized carbons (Fsp3) is 0.609. The predicted molar refractivity (Wildman–Crippen MR) is 109 cm³/mol. The number of rotatable bonds is 4. The topological polar surface area (TPSA) is 96.2 Å². The molecule has 0 unspecified atom stereocenters. The molecule has 6 heteroatoms. The maximum absolute atomic E-state index is 12.9. The Morgan fingerprint density at radius 3 is 2.48 bits per heavy atom. The van der Waals surface area contributed by atoms with E-state index in [9.17, 15) is 20.1 Å². The third-order valence-electron chi connectivity index (χ3n) is 6.80. The van der Waals surface area contributed by atoms with Gasteiger partial charge in [0.2, 0.25) is 0 Å². The van der Waals surface area contributed by atoms with Crippen LogP contribution in [0.5, 0.6) is 11.5 Å². The van der Waals surface area contributed by atoms with Crippen LogP contribution in [0.4, 0.5) is 0 Å². The third-order valence-corrected chi connectivity index (χ3v) is 6.80. The molecule has 6 nitrogen and oxygen atoms in total. The van der Waals surface area contributed by atoms with Crippen LogP contribution in [0.3, 0.4) is 0 Å². The minimum Gasteiger partial charge on any atom is -0.504 e. The summed E-state index contributed by atoms with van der Waals surface area (Å²) >= 11 is 0. The standard InChI is InChI=1S/C23H32O6/c1-14(2)23(27)11-9-21(3)8-10-22(4,26)13-18(19(21)23)29-20(25)15-6-7-16(24)17(12-15)28-5/h6-8,10,12,14,18-19,24,26-27H,9,11,13H2,1-5H3/t18-,19+,21+,22-,23+/m0/s1. The van der Waals surface area contributed by atoms with Crippen molar-refractivity contribution in [1.82, 2.24) is 0 Å². The van der Waals surface area contributed by atoms with E-state index in [-0.39, 0.29) is 35.3 Å². The van der Waals surface area contributed by atoms with Crippen LogP contribution in [0.15, 0.2) is 30.4 Å². The van der Waals surface area contributed by atoms with Gasteiger partial charge in [-0.3, -0.25) is 0 Å². The summed E-state index contributed by atoms with van der Waals surface area (Å²) in [7, 11) is 1.41. The number of phenolic OH excluding ortho intramolecular Hbond substituents is 1. The average Bonchev–Trinajstić information content (AvgIpc) is 2.87. The van der Waals surface area contributed by atoms with Crippen LogP contribution in [0, 0.1) is 17.3 Å². The normalized spacial score (nSPS) is 36.6. The fourth-order valence-electron chi connectivity index (χ4n) is 5.02. The molecule has 0 heterocycles. The number of carbonyl (C=O) groups excluding carboxylic acids is 1. The number of hydrogen-bond donors (Lipinski definition) is 3. The van der Waals surface area contributed by atoms with Crippen LogP contribution < -0.4 is 4.74 Å². The van der Waals surface area contributed by atoms with E-state index >= 15 is 0 Å². The lowest BCUT2D eigenvalue weighted by molar-refractivity contribution is -0.116. The van der Waals surface area contributed by atoms with Crippen molar-refractivity contribution in [3.8, 4) is 11.5 Å². The van der Waals surface area contributed by atoms with Crippen molar-refractivity contribution in [3.05, 3.63) is 35.9 Å². The third kappa shape index (κ3) is 3.88. The summed E-state index contributed by atoms with van der Waals surface area (Å²) in [6.07, 6.45) is 4.63. The van der Waals surface area contributed by atoms with Crippen molar-refractivity contribution < 1.29 is 29.6 Å². The number of fused-ring (bicyclic) bond motifs is 1. The number of aliphatic hydroxyl groups is 2. The molecule has 0 aromatic heterocycles. The van der Waals surface area contributed by atoms with Gasteiger partial charge in [-0.05, 0) is 49.3 Å². The van der Waals surface area contributed by atoms with Crippen molar-refractivity contribution in [2.24, 2.45) is 17.3 Å². The van der Waals surface area contributed by atoms with Gasteiger partial charge in [-0.25, -0.2) is 4.79 Å². The van der Waals surface area contributed by atoms with E-state index < -0.39 is 28.7 Å². The molecular formula is C23H32O6. The maximum atomic E-state index is 12.9. The van der Waals surface area contributed by atoms with Gasteiger partial charge in [0, 0.05) is 12.3 Å². The molecule has 5 atom stereocenters. The molecule has 2 aliphatic carbocycles. The quantitative estimate of drug-likeness (QED) is 0.525. The summed E-state index contributed by atoms with van der Waals surface area (Å²) in [4.78, 5) is 12.9. The van der Waals surface area contributed by atoms with Gasteiger partial charge in [0.15, 0.2) is 11.5 Å². The molecule has 2 aliphatic rings. The molecule has 0 radical (unpaired) electrons. The van der Waals surface area contributed by atoms with Crippen molar-refractivity contribution in [3.63, 3.8) is 0 Å². The summed E-state index contributed by atoms with van der Waals surface area (Å²) in [5, 5.41) is 32.1. The molecule has 0 amide bonds. The molecule has 0 spiro atoms. The number of benzene rings is 1. The Morgan fingerprint density at radius 2 is 1.86 bits per heavy atom. The lowest BCUT2D eigenvalue weighted by Crippen LogP contribution is -2.51. The van der Waals surface area contributed by atoms with E-state index in [2.05, 4.69) is 6.92 Å². The Morgan fingerprint density at radius 1 is 1.17 bits per heavy atom. The summed E-state index contributed by atoms with van der Waals surface area (Å²) in [6, 6.07) is 4.27. The first-order chi connectivity index (χ1) is 13.4. The molecule has 0 saturated heterocycles. The second-order valence-electron chi connectivity index (χ2n) is 9.35. The number of ether oxygens (including phenoxy) is 2. The molecule has 1 saturated carbocycles. The van der Waals surface area contributed by atoms with Crippen LogP contribution >= 0.6 is 0 Å². The van der Waals surface area contributed by atoms with E-state index in [1.165, 1.54) is 25.3 Å². The molecule has 0 bridgehead atoms. The zero-order valence-electron chi connectivity index (χ0n) is 17.8. The van der Waals surface area contributed by atoms with E-state index in [0.29, 0.717) is 6.42 Å².